The molecule has 1 aliphatic rings. The van der Waals surface area contributed by atoms with Gasteiger partial charge < -0.3 is 14.5 Å². The molecule has 0 bridgehead atoms. The van der Waals surface area contributed by atoms with Gasteiger partial charge in [0.25, 0.3) is 0 Å². The Kier molecular flexibility index (Phi) is 6.77. The maximum absolute atomic E-state index is 11.8. The number of nitrogens with zero attached hydrogens (tertiary/aromatic N) is 1. The molecule has 1 aliphatic carbocycles. The van der Waals surface area contributed by atoms with Crippen molar-refractivity contribution in [2.75, 3.05) is 5.32 Å². The lowest BCUT2D eigenvalue weighted by atomic mass is 9.79. The van der Waals surface area contributed by atoms with Gasteiger partial charge in [0, 0.05) is 30.4 Å². The zero-order valence-electron chi connectivity index (χ0n) is 20.9. The zero-order chi connectivity index (χ0) is 25.0. The first-order chi connectivity index (χ1) is 17.6. The fourth-order valence-electron chi connectivity index (χ4n) is 5.08. The number of ether oxygens (including phenoxy) is 1. The van der Waals surface area contributed by atoms with E-state index in [-0.39, 0.29) is 5.97 Å². The van der Waals surface area contributed by atoms with Crippen LogP contribution in [-0.4, -0.2) is 10.4 Å². The van der Waals surface area contributed by atoms with Crippen LogP contribution in [0.3, 0.4) is 0 Å². The summed E-state index contributed by atoms with van der Waals surface area (Å²) < 4.78 is 7.79. The van der Waals surface area contributed by atoms with Crippen molar-refractivity contribution in [1.82, 2.24) is 4.40 Å². The minimum Gasteiger partial charge on any atom is -0.425 e. The summed E-state index contributed by atoms with van der Waals surface area (Å²) in [4.78, 5) is 11.8. The number of aromatic nitrogens is 1. The van der Waals surface area contributed by atoms with E-state index in [9.17, 15) is 4.79 Å². The van der Waals surface area contributed by atoms with Crippen LogP contribution in [-0.2, 0) is 16.8 Å². The standard InChI is InChI=1S/C32H32N2O2/c1-3-4-14-27-28(23-34-22-11-10-16-30(27)34)32(33-29-15-8-9-17-31(29)36-24(2)35)20-18-26(19-21-32)25-12-6-5-7-13-25/h5-13,15-20,22-23,33H,3-4,14,21H2,1-2H3. The van der Waals surface area contributed by atoms with Crippen LogP contribution in [0.1, 0.15) is 49.8 Å². The molecule has 4 heteroatoms. The number of anilines is 1. The van der Waals surface area contributed by atoms with Gasteiger partial charge in [-0.3, -0.25) is 4.79 Å². The molecule has 0 fully saturated rings. The van der Waals surface area contributed by atoms with Crippen LogP contribution in [0.2, 0.25) is 0 Å². The molecule has 182 valence electrons. The number of aryl methyl sites for hydroxylation is 1. The van der Waals surface area contributed by atoms with Gasteiger partial charge in [0.2, 0.25) is 0 Å². The number of para-hydroxylation sites is 2. The molecule has 1 unspecified atom stereocenters. The summed E-state index contributed by atoms with van der Waals surface area (Å²) in [5.74, 6) is 0.205. The average molecular weight is 477 g/mol. The van der Waals surface area contributed by atoms with Gasteiger partial charge in [0.1, 0.15) is 0 Å². The lowest BCUT2D eigenvalue weighted by molar-refractivity contribution is -0.131. The highest BCUT2D eigenvalue weighted by molar-refractivity contribution is 5.78. The van der Waals surface area contributed by atoms with Crippen molar-refractivity contribution in [3.05, 3.63) is 120 Å². The number of allylic oxidation sites excluding steroid dienone is 2. The molecule has 2 aromatic heterocycles. The van der Waals surface area contributed by atoms with Crippen molar-refractivity contribution in [1.29, 1.82) is 0 Å². The average Bonchev–Trinajstić information content (AvgIpc) is 3.28. The smallest absolute Gasteiger partial charge is 0.308 e. The monoisotopic (exact) mass is 476 g/mol. The number of esters is 1. The second kappa shape index (κ2) is 10.3. The third kappa shape index (κ3) is 4.72. The number of hydrogen-bond acceptors (Lipinski definition) is 3. The van der Waals surface area contributed by atoms with E-state index in [0.717, 1.165) is 31.4 Å². The van der Waals surface area contributed by atoms with Gasteiger partial charge in [0.15, 0.2) is 5.75 Å². The van der Waals surface area contributed by atoms with Gasteiger partial charge in [-0.2, -0.15) is 0 Å². The Morgan fingerprint density at radius 2 is 1.81 bits per heavy atom. The largest absolute Gasteiger partial charge is 0.425 e. The van der Waals surface area contributed by atoms with Gasteiger partial charge in [-0.1, -0.05) is 80.1 Å². The van der Waals surface area contributed by atoms with Crippen molar-refractivity contribution >= 4 is 22.7 Å². The van der Waals surface area contributed by atoms with E-state index >= 15 is 0 Å². The van der Waals surface area contributed by atoms with Gasteiger partial charge >= 0.3 is 5.97 Å². The second-order valence-corrected chi connectivity index (χ2v) is 9.37. The van der Waals surface area contributed by atoms with Crippen LogP contribution >= 0.6 is 0 Å². The van der Waals surface area contributed by atoms with Crippen LogP contribution in [0, 0.1) is 0 Å². The van der Waals surface area contributed by atoms with E-state index in [1.807, 2.05) is 30.3 Å². The summed E-state index contributed by atoms with van der Waals surface area (Å²) >= 11 is 0. The number of carbonyl (C=O) groups excluding carboxylic acids is 1. The Hall–Kier alpha value is -4.05. The fourth-order valence-corrected chi connectivity index (χ4v) is 5.08. The summed E-state index contributed by atoms with van der Waals surface area (Å²) in [6, 6.07) is 24.5. The SMILES string of the molecule is CCCCc1c(C2(Nc3ccccc3OC(C)=O)C=CC(c3ccccc3)=CC2)cn2ccccc12. The molecule has 2 heterocycles. The Morgan fingerprint density at radius 1 is 1.03 bits per heavy atom. The highest BCUT2D eigenvalue weighted by Crippen LogP contribution is 2.42. The van der Waals surface area contributed by atoms with Crippen molar-refractivity contribution in [3.8, 4) is 5.75 Å². The maximum atomic E-state index is 11.8. The molecule has 36 heavy (non-hydrogen) atoms. The van der Waals surface area contributed by atoms with Gasteiger partial charge in [-0.15, -0.1) is 0 Å². The van der Waals surface area contributed by atoms with Crippen LogP contribution < -0.4 is 10.1 Å². The summed E-state index contributed by atoms with van der Waals surface area (Å²) in [7, 11) is 0. The Labute approximate surface area is 212 Å². The summed E-state index contributed by atoms with van der Waals surface area (Å²) in [6.07, 6.45) is 15.2. The van der Waals surface area contributed by atoms with E-state index < -0.39 is 5.54 Å². The minimum atomic E-state index is -0.496. The highest BCUT2D eigenvalue weighted by atomic mass is 16.5. The number of pyridine rings is 1. The number of carbonyl (C=O) groups is 1. The summed E-state index contributed by atoms with van der Waals surface area (Å²) in [5.41, 5.74) is 6.56. The highest BCUT2D eigenvalue weighted by Gasteiger charge is 2.35. The summed E-state index contributed by atoms with van der Waals surface area (Å²) in [6.45, 7) is 3.67. The van der Waals surface area contributed by atoms with E-state index in [0.29, 0.717) is 5.75 Å². The van der Waals surface area contributed by atoms with Gasteiger partial charge in [-0.25, -0.2) is 0 Å². The molecule has 4 nitrogen and oxygen atoms in total. The Balaban J connectivity index is 1.64. The number of fused-ring (bicyclic) bond motifs is 1. The molecule has 5 rings (SSSR count). The van der Waals surface area contributed by atoms with Crippen molar-refractivity contribution in [2.24, 2.45) is 0 Å². The number of rotatable bonds is 8. The molecule has 1 N–H and O–H groups in total. The van der Waals surface area contributed by atoms with Gasteiger partial charge in [-0.05, 0) is 60.2 Å². The normalized spacial score (nSPS) is 17.1. The number of nitrogens with one attached hydrogen (secondary N) is 1. The van der Waals surface area contributed by atoms with Crippen molar-refractivity contribution in [3.63, 3.8) is 0 Å². The van der Waals surface area contributed by atoms with Crippen molar-refractivity contribution < 1.29 is 9.53 Å². The molecule has 1 atom stereocenters. The quantitative estimate of drug-likeness (QED) is 0.211. The molecule has 4 aromatic rings. The molecule has 2 aromatic carbocycles. The lowest BCUT2D eigenvalue weighted by Gasteiger charge is -2.36. The topological polar surface area (TPSA) is 42.7 Å². The lowest BCUT2D eigenvalue weighted by Crippen LogP contribution is -2.35. The van der Waals surface area contributed by atoms with Crippen LogP contribution in [0.15, 0.2) is 103 Å². The Bertz CT molecular complexity index is 1430. The van der Waals surface area contributed by atoms with E-state index in [1.54, 1.807) is 0 Å². The molecule has 0 radical (unpaired) electrons. The second-order valence-electron chi connectivity index (χ2n) is 9.37. The molecule has 0 saturated carbocycles. The van der Waals surface area contributed by atoms with E-state index in [4.69, 9.17) is 4.74 Å². The predicted molar refractivity (Wildman–Crippen MR) is 147 cm³/mol. The summed E-state index contributed by atoms with van der Waals surface area (Å²) in [5, 5.41) is 3.81. The molecule has 0 amide bonds. The van der Waals surface area contributed by atoms with Crippen LogP contribution in [0.5, 0.6) is 5.75 Å². The molecular weight excluding hydrogens is 444 g/mol. The number of unbranched alkanes of at least 4 members (excludes halogenated alkanes) is 1. The first-order valence-electron chi connectivity index (χ1n) is 12.7. The Morgan fingerprint density at radius 3 is 2.56 bits per heavy atom. The molecular formula is C32H32N2O2. The number of benzene rings is 2. The van der Waals surface area contributed by atoms with Crippen LogP contribution in [0.4, 0.5) is 5.69 Å². The van der Waals surface area contributed by atoms with E-state index in [2.05, 4.69) is 89.7 Å². The number of hydrogen-bond donors (Lipinski definition) is 1. The van der Waals surface area contributed by atoms with Crippen LogP contribution in [0.25, 0.3) is 11.1 Å². The minimum absolute atomic E-state index is 0.331. The zero-order valence-corrected chi connectivity index (χ0v) is 20.9. The molecule has 0 saturated heterocycles. The third-order valence-corrected chi connectivity index (χ3v) is 6.85. The molecule has 0 spiro atoms. The van der Waals surface area contributed by atoms with Crippen molar-refractivity contribution in [2.45, 2.75) is 45.1 Å². The molecule has 0 aliphatic heterocycles. The first kappa shape index (κ1) is 23.7. The van der Waals surface area contributed by atoms with Gasteiger partial charge in [0.05, 0.1) is 11.2 Å². The predicted octanol–water partition coefficient (Wildman–Crippen LogP) is 7.56. The fraction of sp³-hybridized carbons (Fsp3) is 0.219. The third-order valence-electron chi connectivity index (χ3n) is 6.85. The van der Waals surface area contributed by atoms with E-state index in [1.165, 1.54) is 34.7 Å². The first-order valence-corrected chi connectivity index (χ1v) is 12.7. The maximum Gasteiger partial charge on any atom is 0.308 e.